The second-order valence-electron chi connectivity index (χ2n) is 6.23. The molecule has 0 saturated carbocycles. The number of amides is 1. The Balaban J connectivity index is 1.53. The number of hydrogen-bond donors (Lipinski definition) is 0. The van der Waals surface area contributed by atoms with E-state index < -0.39 is 0 Å². The Kier molecular flexibility index (Phi) is 4.94. The summed E-state index contributed by atoms with van der Waals surface area (Å²) in [5, 5.41) is 3.89. The number of carbonyl (C=O) groups excluding carboxylic acids is 1. The van der Waals surface area contributed by atoms with Gasteiger partial charge in [0.05, 0.1) is 12.1 Å². The van der Waals surface area contributed by atoms with Gasteiger partial charge in [-0.05, 0) is 19.9 Å². The number of carbonyl (C=O) groups is 1. The van der Waals surface area contributed by atoms with Gasteiger partial charge in [0.1, 0.15) is 11.6 Å². The summed E-state index contributed by atoms with van der Waals surface area (Å²) in [6.45, 7) is 7.09. The number of rotatable bonds is 4. The Hall–Kier alpha value is -2.21. The van der Waals surface area contributed by atoms with E-state index in [-0.39, 0.29) is 11.7 Å². The molecule has 0 N–H and O–H groups in total. The van der Waals surface area contributed by atoms with Crippen molar-refractivity contribution in [2.24, 2.45) is 0 Å². The molecule has 5 nitrogen and oxygen atoms in total. The van der Waals surface area contributed by atoms with Crippen molar-refractivity contribution in [1.29, 1.82) is 0 Å². The van der Waals surface area contributed by atoms with E-state index in [1.807, 2.05) is 30.9 Å². The van der Waals surface area contributed by atoms with Crippen molar-refractivity contribution in [2.75, 3.05) is 26.2 Å². The zero-order chi connectivity index (χ0) is 17.1. The van der Waals surface area contributed by atoms with Crippen LogP contribution in [0.1, 0.15) is 22.6 Å². The van der Waals surface area contributed by atoms with Gasteiger partial charge in [0.15, 0.2) is 0 Å². The summed E-state index contributed by atoms with van der Waals surface area (Å²) in [6, 6.07) is 6.84. The van der Waals surface area contributed by atoms with Crippen molar-refractivity contribution in [1.82, 2.24) is 15.0 Å². The highest BCUT2D eigenvalue weighted by Crippen LogP contribution is 2.16. The fourth-order valence-electron chi connectivity index (χ4n) is 3.04. The van der Waals surface area contributed by atoms with Crippen molar-refractivity contribution >= 4 is 5.91 Å². The lowest BCUT2D eigenvalue weighted by molar-refractivity contribution is -0.132. The highest BCUT2D eigenvalue weighted by atomic mass is 19.1. The summed E-state index contributed by atoms with van der Waals surface area (Å²) in [5.41, 5.74) is 2.36. The van der Waals surface area contributed by atoms with Gasteiger partial charge in [-0.3, -0.25) is 9.69 Å². The van der Waals surface area contributed by atoms with E-state index in [4.69, 9.17) is 4.52 Å². The van der Waals surface area contributed by atoms with Crippen LogP contribution in [0.4, 0.5) is 4.39 Å². The van der Waals surface area contributed by atoms with Crippen LogP contribution in [0.5, 0.6) is 0 Å². The highest BCUT2D eigenvalue weighted by molar-refractivity contribution is 5.79. The summed E-state index contributed by atoms with van der Waals surface area (Å²) in [5.74, 6) is 0.628. The summed E-state index contributed by atoms with van der Waals surface area (Å²) in [7, 11) is 0. The Morgan fingerprint density at radius 1 is 1.21 bits per heavy atom. The molecular weight excluding hydrogens is 309 g/mol. The standard InChI is InChI=1S/C18H22FN3O2/c1-13-16(14(2)24-20-13)11-18(23)22-9-7-21(8-10-22)12-15-5-3-4-6-17(15)19/h3-6H,7-12H2,1-2H3. The molecule has 0 aliphatic carbocycles. The van der Waals surface area contributed by atoms with Crippen LogP contribution >= 0.6 is 0 Å². The Morgan fingerprint density at radius 2 is 1.92 bits per heavy atom. The summed E-state index contributed by atoms with van der Waals surface area (Å²) in [6.07, 6.45) is 0.328. The number of benzene rings is 1. The number of aryl methyl sites for hydroxylation is 2. The summed E-state index contributed by atoms with van der Waals surface area (Å²) in [4.78, 5) is 16.5. The van der Waals surface area contributed by atoms with Gasteiger partial charge < -0.3 is 9.42 Å². The van der Waals surface area contributed by atoms with Crippen LogP contribution in [0.3, 0.4) is 0 Å². The minimum Gasteiger partial charge on any atom is -0.361 e. The van der Waals surface area contributed by atoms with E-state index in [9.17, 15) is 9.18 Å². The SMILES string of the molecule is Cc1noc(C)c1CC(=O)N1CCN(Cc2ccccc2F)CC1. The summed E-state index contributed by atoms with van der Waals surface area (Å²) < 4.78 is 18.8. The molecule has 1 fully saturated rings. The smallest absolute Gasteiger partial charge is 0.227 e. The molecule has 0 unspecified atom stereocenters. The third kappa shape index (κ3) is 3.64. The molecular formula is C18H22FN3O2. The maximum atomic E-state index is 13.7. The zero-order valence-corrected chi connectivity index (χ0v) is 14.1. The van der Waals surface area contributed by atoms with E-state index in [2.05, 4.69) is 10.1 Å². The van der Waals surface area contributed by atoms with E-state index in [0.717, 1.165) is 24.3 Å². The van der Waals surface area contributed by atoms with Crippen LogP contribution in [0, 0.1) is 19.7 Å². The quantitative estimate of drug-likeness (QED) is 0.863. The number of hydrogen-bond acceptors (Lipinski definition) is 4. The van der Waals surface area contributed by atoms with Crippen LogP contribution in [-0.4, -0.2) is 47.0 Å². The van der Waals surface area contributed by atoms with Gasteiger partial charge in [0.25, 0.3) is 0 Å². The molecule has 0 spiro atoms. The van der Waals surface area contributed by atoms with Crippen molar-refractivity contribution in [3.8, 4) is 0 Å². The first-order chi connectivity index (χ1) is 11.5. The molecule has 2 heterocycles. The maximum absolute atomic E-state index is 13.7. The number of nitrogens with zero attached hydrogens (tertiary/aromatic N) is 3. The number of piperazine rings is 1. The normalized spacial score (nSPS) is 15.7. The molecule has 1 aliphatic heterocycles. The lowest BCUT2D eigenvalue weighted by Crippen LogP contribution is -2.48. The van der Waals surface area contributed by atoms with Gasteiger partial charge in [-0.2, -0.15) is 0 Å². The van der Waals surface area contributed by atoms with Crippen LogP contribution in [0.15, 0.2) is 28.8 Å². The third-order valence-electron chi connectivity index (χ3n) is 4.59. The van der Waals surface area contributed by atoms with Gasteiger partial charge in [0.2, 0.25) is 5.91 Å². The fourth-order valence-corrected chi connectivity index (χ4v) is 3.04. The number of halogens is 1. The third-order valence-corrected chi connectivity index (χ3v) is 4.59. The van der Waals surface area contributed by atoms with Gasteiger partial charge in [-0.25, -0.2) is 4.39 Å². The Bertz CT molecular complexity index is 701. The van der Waals surface area contributed by atoms with Crippen LogP contribution in [0.2, 0.25) is 0 Å². The topological polar surface area (TPSA) is 49.6 Å². The van der Waals surface area contributed by atoms with Crippen molar-refractivity contribution in [3.63, 3.8) is 0 Å². The zero-order valence-electron chi connectivity index (χ0n) is 14.1. The highest BCUT2D eigenvalue weighted by Gasteiger charge is 2.23. The molecule has 1 aliphatic rings. The molecule has 0 radical (unpaired) electrons. The lowest BCUT2D eigenvalue weighted by Gasteiger charge is -2.34. The van der Waals surface area contributed by atoms with Crippen LogP contribution in [0.25, 0.3) is 0 Å². The fraction of sp³-hybridized carbons (Fsp3) is 0.444. The molecule has 1 aromatic heterocycles. The molecule has 1 aromatic carbocycles. The van der Waals surface area contributed by atoms with Crippen LogP contribution in [-0.2, 0) is 17.8 Å². The van der Waals surface area contributed by atoms with Crippen molar-refractivity contribution in [2.45, 2.75) is 26.8 Å². The van der Waals surface area contributed by atoms with Gasteiger partial charge in [-0.15, -0.1) is 0 Å². The molecule has 0 bridgehead atoms. The maximum Gasteiger partial charge on any atom is 0.227 e. The lowest BCUT2D eigenvalue weighted by atomic mass is 10.1. The average Bonchev–Trinajstić information content (AvgIpc) is 2.89. The largest absolute Gasteiger partial charge is 0.361 e. The van der Waals surface area contributed by atoms with E-state index >= 15 is 0 Å². The molecule has 6 heteroatoms. The second-order valence-corrected chi connectivity index (χ2v) is 6.23. The van der Waals surface area contributed by atoms with Crippen LogP contribution < -0.4 is 0 Å². The molecule has 24 heavy (non-hydrogen) atoms. The molecule has 0 atom stereocenters. The Morgan fingerprint density at radius 3 is 2.54 bits per heavy atom. The van der Waals surface area contributed by atoms with Crippen molar-refractivity contribution in [3.05, 3.63) is 52.7 Å². The minimum absolute atomic E-state index is 0.0925. The summed E-state index contributed by atoms with van der Waals surface area (Å²) >= 11 is 0. The van der Waals surface area contributed by atoms with Gasteiger partial charge >= 0.3 is 0 Å². The minimum atomic E-state index is -0.172. The average molecular weight is 331 g/mol. The Labute approximate surface area is 141 Å². The first kappa shape index (κ1) is 16.6. The first-order valence-electron chi connectivity index (χ1n) is 8.20. The second kappa shape index (κ2) is 7.13. The van der Waals surface area contributed by atoms with E-state index in [1.165, 1.54) is 6.07 Å². The predicted molar refractivity (Wildman–Crippen MR) is 87.9 cm³/mol. The number of aromatic nitrogens is 1. The molecule has 1 amide bonds. The van der Waals surface area contributed by atoms with Gasteiger partial charge in [0, 0.05) is 43.9 Å². The van der Waals surface area contributed by atoms with E-state index in [1.54, 1.807) is 6.07 Å². The monoisotopic (exact) mass is 331 g/mol. The molecule has 3 rings (SSSR count). The van der Waals surface area contributed by atoms with Crippen molar-refractivity contribution < 1.29 is 13.7 Å². The van der Waals surface area contributed by atoms with E-state index in [0.29, 0.717) is 37.4 Å². The van der Waals surface area contributed by atoms with Gasteiger partial charge in [-0.1, -0.05) is 23.4 Å². The molecule has 1 saturated heterocycles. The first-order valence-corrected chi connectivity index (χ1v) is 8.20. The molecule has 128 valence electrons. The predicted octanol–water partition coefficient (Wildman–Crippen LogP) is 2.32. The molecule has 2 aromatic rings.